The molecule has 0 aliphatic carbocycles. The van der Waals surface area contributed by atoms with Gasteiger partial charge in [0.1, 0.15) is 12.2 Å². The number of carbonyl (C=O) groups excluding carboxylic acids is 1. The Morgan fingerprint density at radius 1 is 1.43 bits per heavy atom. The number of rotatable bonds is 4. The second-order valence-corrected chi connectivity index (χ2v) is 6.87. The van der Waals surface area contributed by atoms with Crippen molar-refractivity contribution in [3.63, 3.8) is 0 Å². The summed E-state index contributed by atoms with van der Waals surface area (Å²) in [6, 6.07) is 0. The highest BCUT2D eigenvalue weighted by atomic mass is 16.6. The first-order valence-corrected chi connectivity index (χ1v) is 7.83. The first-order valence-electron chi connectivity index (χ1n) is 7.83. The number of piperidine rings is 1. The summed E-state index contributed by atoms with van der Waals surface area (Å²) in [4.78, 5) is 25.0. The van der Waals surface area contributed by atoms with Crippen LogP contribution >= 0.6 is 0 Å². The zero-order valence-corrected chi connectivity index (χ0v) is 14.2. The Balaban J connectivity index is 1.79. The molecule has 1 fully saturated rings. The van der Waals surface area contributed by atoms with Gasteiger partial charge in [0.25, 0.3) is 0 Å². The average molecular weight is 327 g/mol. The van der Waals surface area contributed by atoms with Crippen molar-refractivity contribution in [1.29, 1.82) is 0 Å². The van der Waals surface area contributed by atoms with Gasteiger partial charge in [-0.05, 0) is 33.6 Å². The molecule has 1 aromatic rings. The van der Waals surface area contributed by atoms with E-state index in [0.29, 0.717) is 25.5 Å². The predicted octanol–water partition coefficient (Wildman–Crippen LogP) is 1.54. The zero-order valence-electron chi connectivity index (χ0n) is 14.2. The lowest BCUT2D eigenvalue weighted by Crippen LogP contribution is -2.43. The molecule has 1 saturated heterocycles. The van der Waals surface area contributed by atoms with Crippen LogP contribution in [0.2, 0.25) is 0 Å². The van der Waals surface area contributed by atoms with Crippen molar-refractivity contribution in [2.45, 2.75) is 45.8 Å². The Kier molecular flexibility index (Phi) is 5.46. The van der Waals surface area contributed by atoms with Crippen molar-refractivity contribution in [3.05, 3.63) is 16.4 Å². The van der Waals surface area contributed by atoms with Crippen LogP contribution in [-0.2, 0) is 23.1 Å². The molecular weight excluding hydrogens is 302 g/mol. The number of carbonyl (C=O) groups is 1. The molecule has 1 aromatic heterocycles. The summed E-state index contributed by atoms with van der Waals surface area (Å²) >= 11 is 0. The van der Waals surface area contributed by atoms with Gasteiger partial charge in [0.05, 0.1) is 6.61 Å². The van der Waals surface area contributed by atoms with Crippen LogP contribution in [0.5, 0.6) is 0 Å². The van der Waals surface area contributed by atoms with Crippen LogP contribution in [0.1, 0.15) is 39.4 Å². The van der Waals surface area contributed by atoms with Crippen molar-refractivity contribution >= 4 is 6.09 Å². The molecule has 0 radical (unpaired) electrons. The minimum absolute atomic E-state index is 0.213. The van der Waals surface area contributed by atoms with E-state index in [2.05, 4.69) is 9.68 Å². The van der Waals surface area contributed by atoms with Gasteiger partial charge in [0.2, 0.25) is 0 Å². The van der Waals surface area contributed by atoms with Crippen LogP contribution in [0, 0.1) is 5.92 Å². The van der Waals surface area contributed by atoms with Gasteiger partial charge < -0.3 is 14.4 Å². The number of nitrogens with zero attached hydrogens (tertiary/aromatic N) is 3. The first-order chi connectivity index (χ1) is 10.8. The lowest BCUT2D eigenvalue weighted by Gasteiger charge is -2.34. The monoisotopic (exact) mass is 327 g/mol. The fourth-order valence-corrected chi connectivity index (χ4v) is 2.45. The fourth-order valence-electron chi connectivity index (χ4n) is 2.45. The quantitative estimate of drug-likeness (QED) is 0.833. The maximum absolute atomic E-state index is 12.1. The molecule has 0 spiro atoms. The molecule has 1 aliphatic rings. The number of ether oxygens (including phenoxy) is 2. The van der Waals surface area contributed by atoms with Crippen LogP contribution < -0.4 is 5.76 Å². The molecule has 0 bridgehead atoms. The molecule has 8 heteroatoms. The highest BCUT2D eigenvalue weighted by Crippen LogP contribution is 2.19. The van der Waals surface area contributed by atoms with E-state index in [0.717, 1.165) is 12.8 Å². The minimum atomic E-state index is -0.502. The van der Waals surface area contributed by atoms with Crippen molar-refractivity contribution in [2.24, 2.45) is 13.0 Å². The van der Waals surface area contributed by atoms with E-state index in [4.69, 9.17) is 9.47 Å². The molecule has 8 nitrogen and oxygen atoms in total. The van der Waals surface area contributed by atoms with Gasteiger partial charge in [0, 0.05) is 26.1 Å². The normalized spacial score (nSPS) is 19.0. The largest absolute Gasteiger partial charge is 0.444 e. The van der Waals surface area contributed by atoms with Crippen LogP contribution in [0.25, 0.3) is 0 Å². The molecular formula is C15H25N3O5. The first kappa shape index (κ1) is 17.5. The summed E-state index contributed by atoms with van der Waals surface area (Å²) in [7, 11) is 1.59. The van der Waals surface area contributed by atoms with Gasteiger partial charge >= 0.3 is 11.8 Å². The van der Waals surface area contributed by atoms with Gasteiger partial charge in [-0.25, -0.2) is 9.59 Å². The highest BCUT2D eigenvalue weighted by Gasteiger charge is 2.27. The Bertz CT molecular complexity index is 587. The lowest BCUT2D eigenvalue weighted by atomic mass is 9.99. The number of aromatic nitrogens is 2. The van der Waals surface area contributed by atoms with Gasteiger partial charge in [0.15, 0.2) is 5.82 Å². The summed E-state index contributed by atoms with van der Waals surface area (Å²) in [5.74, 6) is 0.201. The molecule has 2 rings (SSSR count). The Morgan fingerprint density at radius 3 is 2.78 bits per heavy atom. The predicted molar refractivity (Wildman–Crippen MR) is 81.9 cm³/mol. The van der Waals surface area contributed by atoms with Crippen molar-refractivity contribution < 1.29 is 18.8 Å². The molecule has 0 saturated carbocycles. The number of amides is 1. The highest BCUT2D eigenvalue weighted by molar-refractivity contribution is 5.68. The lowest BCUT2D eigenvalue weighted by molar-refractivity contribution is 0.00511. The maximum atomic E-state index is 12.1. The zero-order chi connectivity index (χ0) is 17.0. The fraction of sp³-hybridized carbons (Fsp3) is 0.800. The SMILES string of the molecule is Cn1c(COC[C@H]2CCCN(C(=O)OC(C)(C)C)C2)noc1=O. The molecule has 0 N–H and O–H groups in total. The smallest absolute Gasteiger partial charge is 0.441 e. The molecule has 0 aromatic carbocycles. The van der Waals surface area contributed by atoms with Crippen molar-refractivity contribution in [1.82, 2.24) is 14.6 Å². The van der Waals surface area contributed by atoms with Crippen LogP contribution in [0.4, 0.5) is 4.79 Å². The van der Waals surface area contributed by atoms with E-state index in [1.165, 1.54) is 4.57 Å². The molecule has 2 heterocycles. The van der Waals surface area contributed by atoms with Crippen molar-refractivity contribution in [3.8, 4) is 0 Å². The summed E-state index contributed by atoms with van der Waals surface area (Å²) in [6.07, 6.45) is 1.65. The molecule has 0 unspecified atom stereocenters. The average Bonchev–Trinajstić information content (AvgIpc) is 2.78. The van der Waals surface area contributed by atoms with E-state index >= 15 is 0 Å². The van der Waals surface area contributed by atoms with Gasteiger partial charge in [-0.1, -0.05) is 5.16 Å². The summed E-state index contributed by atoms with van der Waals surface area (Å²) < 4.78 is 16.9. The van der Waals surface area contributed by atoms with E-state index in [9.17, 15) is 9.59 Å². The van der Waals surface area contributed by atoms with E-state index in [1.54, 1.807) is 11.9 Å². The van der Waals surface area contributed by atoms with E-state index in [1.807, 2.05) is 20.8 Å². The molecule has 1 amide bonds. The molecule has 23 heavy (non-hydrogen) atoms. The summed E-state index contributed by atoms with van der Waals surface area (Å²) in [6.45, 7) is 7.62. The van der Waals surface area contributed by atoms with E-state index < -0.39 is 11.4 Å². The van der Waals surface area contributed by atoms with Gasteiger partial charge in [-0.3, -0.25) is 9.09 Å². The third-order valence-electron chi connectivity index (χ3n) is 3.65. The van der Waals surface area contributed by atoms with Crippen LogP contribution in [0.15, 0.2) is 9.32 Å². The van der Waals surface area contributed by atoms with E-state index in [-0.39, 0.29) is 18.6 Å². The Morgan fingerprint density at radius 2 is 2.17 bits per heavy atom. The Labute approximate surface area is 135 Å². The third-order valence-corrected chi connectivity index (χ3v) is 3.65. The molecule has 130 valence electrons. The van der Waals surface area contributed by atoms with Crippen LogP contribution in [-0.4, -0.2) is 46.0 Å². The Hall–Kier alpha value is -1.83. The van der Waals surface area contributed by atoms with Gasteiger partial charge in [-0.2, -0.15) is 0 Å². The van der Waals surface area contributed by atoms with Crippen molar-refractivity contribution in [2.75, 3.05) is 19.7 Å². The third kappa shape index (κ3) is 5.09. The minimum Gasteiger partial charge on any atom is -0.444 e. The summed E-state index contributed by atoms with van der Waals surface area (Å²) in [5.41, 5.74) is -0.488. The molecule has 1 aliphatic heterocycles. The summed E-state index contributed by atoms with van der Waals surface area (Å²) in [5, 5.41) is 3.65. The number of hydrogen-bond acceptors (Lipinski definition) is 6. The topological polar surface area (TPSA) is 86.8 Å². The van der Waals surface area contributed by atoms with Crippen LogP contribution in [0.3, 0.4) is 0 Å². The number of hydrogen-bond donors (Lipinski definition) is 0. The maximum Gasteiger partial charge on any atom is 0.441 e. The second kappa shape index (κ2) is 7.16. The molecule has 1 atom stereocenters. The number of likely N-dealkylation sites (tertiary alicyclic amines) is 1. The standard InChI is InChI=1S/C15H25N3O5/c1-15(2,3)22-14(20)18-7-5-6-11(8-18)9-21-10-12-16-23-13(19)17(12)4/h11H,5-10H2,1-4H3/t11-/m0/s1. The van der Waals surface area contributed by atoms with Gasteiger partial charge in [-0.15, -0.1) is 0 Å². The second-order valence-electron chi connectivity index (χ2n) is 6.87.